The Bertz CT molecular complexity index is 2990. The number of benzene rings is 6. The molecule has 2 aromatic heterocycles. The number of aromatic nitrogens is 1. The van der Waals surface area contributed by atoms with Crippen molar-refractivity contribution in [2.75, 3.05) is 0 Å². The summed E-state index contributed by atoms with van der Waals surface area (Å²) in [6, 6.07) is 44.8. The molecule has 0 bridgehead atoms. The summed E-state index contributed by atoms with van der Waals surface area (Å²) in [5.41, 5.74) is 19.0. The molecule has 0 spiro atoms. The standard InChI is InChI=1S/C49H33NO/c1-49(2)46-37(38-24-25-39-33-12-6-8-17-43(33)51-48(39)47(38)49)26-27-42-45(46)40-13-5-7-16-41(40)50(42)29-20-18-28(19-21-29)30-22-23-36-32-11-4-3-10-31(32)35-15-9-14-34(30)44(35)36/h3-27,34,44H,1-2H3. The molecule has 51 heavy (non-hydrogen) atoms. The quantitative estimate of drug-likeness (QED) is 0.182. The Morgan fingerprint density at radius 3 is 2.08 bits per heavy atom. The molecule has 0 N–H and O–H groups in total. The molecule has 0 saturated carbocycles. The fourth-order valence-corrected chi connectivity index (χ4v) is 10.3. The molecule has 0 fully saturated rings. The average molecular weight is 652 g/mol. The van der Waals surface area contributed by atoms with E-state index in [1.54, 1.807) is 0 Å². The van der Waals surface area contributed by atoms with Gasteiger partial charge in [-0.05, 0) is 86.5 Å². The number of para-hydroxylation sites is 2. The molecular formula is C49H33NO. The van der Waals surface area contributed by atoms with E-state index in [9.17, 15) is 0 Å². The zero-order chi connectivity index (χ0) is 33.6. The Hall–Kier alpha value is -6.12. The second-order valence-electron chi connectivity index (χ2n) is 15.2. The summed E-state index contributed by atoms with van der Waals surface area (Å²) in [4.78, 5) is 0. The molecule has 12 rings (SSSR count). The topological polar surface area (TPSA) is 18.1 Å². The van der Waals surface area contributed by atoms with Crippen molar-refractivity contribution in [3.8, 4) is 16.8 Å². The summed E-state index contributed by atoms with van der Waals surface area (Å²) in [7, 11) is 0. The minimum atomic E-state index is -0.253. The van der Waals surface area contributed by atoms with Crippen molar-refractivity contribution in [2.24, 2.45) is 11.8 Å². The van der Waals surface area contributed by atoms with E-state index in [0.29, 0.717) is 11.8 Å². The van der Waals surface area contributed by atoms with Crippen LogP contribution in [0.1, 0.15) is 41.7 Å². The van der Waals surface area contributed by atoms with Crippen molar-refractivity contribution < 1.29 is 4.42 Å². The van der Waals surface area contributed by atoms with Gasteiger partial charge in [0.25, 0.3) is 0 Å². The van der Waals surface area contributed by atoms with Gasteiger partial charge in [-0.25, -0.2) is 0 Å². The fourth-order valence-electron chi connectivity index (χ4n) is 10.3. The average Bonchev–Trinajstić information content (AvgIpc) is 3.88. The molecule has 2 heteroatoms. The van der Waals surface area contributed by atoms with Crippen molar-refractivity contribution in [1.29, 1.82) is 0 Å². The molecular weight excluding hydrogens is 619 g/mol. The SMILES string of the molecule is CC1(C)c2c(ccc3c2oc2ccccc23)-c2ccc3c(c21)c1ccccc1n3-c1ccc(C2=CC=C3c4ccccc4C4=CC=CC2C43)cc1. The van der Waals surface area contributed by atoms with Crippen LogP contribution in [0.25, 0.3) is 77.3 Å². The predicted octanol–water partition coefficient (Wildman–Crippen LogP) is 12.7. The highest BCUT2D eigenvalue weighted by molar-refractivity contribution is 6.16. The number of hydrogen-bond acceptors (Lipinski definition) is 1. The minimum absolute atomic E-state index is 0.253. The Kier molecular flexibility index (Phi) is 5.19. The first kappa shape index (κ1) is 27.7. The monoisotopic (exact) mass is 651 g/mol. The van der Waals surface area contributed by atoms with Crippen LogP contribution in [-0.2, 0) is 5.41 Å². The molecule has 0 amide bonds. The fraction of sp³-hybridized carbons (Fsp3) is 0.102. The van der Waals surface area contributed by atoms with Gasteiger partial charge >= 0.3 is 0 Å². The van der Waals surface area contributed by atoms with E-state index in [4.69, 9.17) is 4.42 Å². The van der Waals surface area contributed by atoms with E-state index in [2.05, 4.69) is 170 Å². The van der Waals surface area contributed by atoms with E-state index in [1.807, 2.05) is 0 Å². The lowest BCUT2D eigenvalue weighted by Gasteiger charge is -2.31. The first-order valence-electron chi connectivity index (χ1n) is 18.1. The third kappa shape index (κ3) is 3.43. The zero-order valence-electron chi connectivity index (χ0n) is 28.4. The summed E-state index contributed by atoms with van der Waals surface area (Å²) in [5.74, 6) is 0.723. The Balaban J connectivity index is 1.01. The van der Waals surface area contributed by atoms with Gasteiger partial charge < -0.3 is 8.98 Å². The predicted molar refractivity (Wildman–Crippen MR) is 212 cm³/mol. The Morgan fingerprint density at radius 1 is 0.549 bits per heavy atom. The van der Waals surface area contributed by atoms with E-state index >= 15 is 0 Å². The molecule has 0 radical (unpaired) electrons. The minimum Gasteiger partial charge on any atom is -0.456 e. The molecule has 2 heterocycles. The van der Waals surface area contributed by atoms with Crippen molar-refractivity contribution in [1.82, 2.24) is 4.57 Å². The van der Waals surface area contributed by atoms with Crippen LogP contribution in [-0.4, -0.2) is 4.57 Å². The lowest BCUT2D eigenvalue weighted by molar-refractivity contribution is 0.622. The maximum Gasteiger partial charge on any atom is 0.140 e. The molecule has 2 atom stereocenters. The summed E-state index contributed by atoms with van der Waals surface area (Å²) >= 11 is 0. The van der Waals surface area contributed by atoms with Crippen LogP contribution in [0.4, 0.5) is 0 Å². The second kappa shape index (κ2) is 9.56. The van der Waals surface area contributed by atoms with E-state index in [-0.39, 0.29) is 5.41 Å². The second-order valence-corrected chi connectivity index (χ2v) is 15.2. The van der Waals surface area contributed by atoms with E-state index < -0.39 is 0 Å². The molecule has 8 aromatic rings. The zero-order valence-corrected chi connectivity index (χ0v) is 28.4. The first-order valence-corrected chi connectivity index (χ1v) is 18.1. The first-order chi connectivity index (χ1) is 25.1. The van der Waals surface area contributed by atoms with Crippen LogP contribution in [0.2, 0.25) is 0 Å². The van der Waals surface area contributed by atoms with Crippen LogP contribution in [0.5, 0.6) is 0 Å². The highest BCUT2D eigenvalue weighted by Crippen LogP contribution is 2.57. The van der Waals surface area contributed by atoms with Crippen molar-refractivity contribution >= 4 is 60.5 Å². The van der Waals surface area contributed by atoms with Crippen LogP contribution < -0.4 is 0 Å². The third-order valence-electron chi connectivity index (χ3n) is 12.4. The van der Waals surface area contributed by atoms with Crippen LogP contribution in [0.3, 0.4) is 0 Å². The van der Waals surface area contributed by atoms with Gasteiger partial charge in [-0.2, -0.15) is 0 Å². The molecule has 240 valence electrons. The van der Waals surface area contributed by atoms with Gasteiger partial charge in [0.05, 0.1) is 11.0 Å². The highest BCUT2D eigenvalue weighted by Gasteiger charge is 2.42. The normalized spacial score (nSPS) is 19.2. The molecule has 0 aliphatic heterocycles. The molecule has 4 aliphatic carbocycles. The Labute approximate surface area is 296 Å². The van der Waals surface area contributed by atoms with Crippen molar-refractivity contribution in [3.63, 3.8) is 0 Å². The van der Waals surface area contributed by atoms with Gasteiger partial charge in [0, 0.05) is 50.0 Å². The highest BCUT2D eigenvalue weighted by atomic mass is 16.3. The van der Waals surface area contributed by atoms with Crippen molar-refractivity contribution in [2.45, 2.75) is 19.3 Å². The lowest BCUT2D eigenvalue weighted by Crippen LogP contribution is -2.18. The largest absolute Gasteiger partial charge is 0.456 e. The van der Waals surface area contributed by atoms with Gasteiger partial charge in [0.2, 0.25) is 0 Å². The number of allylic oxidation sites excluding steroid dienone is 8. The number of rotatable bonds is 2. The summed E-state index contributed by atoms with van der Waals surface area (Å²) < 4.78 is 9.11. The number of nitrogens with zero attached hydrogens (tertiary/aromatic N) is 1. The van der Waals surface area contributed by atoms with Gasteiger partial charge in [-0.3, -0.25) is 0 Å². The summed E-state index contributed by atoms with van der Waals surface area (Å²) in [6.45, 7) is 4.76. The number of hydrogen-bond donors (Lipinski definition) is 0. The molecule has 2 nitrogen and oxygen atoms in total. The molecule has 2 unspecified atom stereocenters. The lowest BCUT2D eigenvalue weighted by atomic mass is 9.72. The van der Waals surface area contributed by atoms with Crippen LogP contribution in [0, 0.1) is 11.8 Å². The van der Waals surface area contributed by atoms with E-state index in [1.165, 1.54) is 93.9 Å². The Morgan fingerprint density at radius 2 is 1.24 bits per heavy atom. The van der Waals surface area contributed by atoms with Crippen molar-refractivity contribution in [3.05, 3.63) is 180 Å². The maximum atomic E-state index is 6.64. The third-order valence-corrected chi connectivity index (χ3v) is 12.4. The maximum absolute atomic E-state index is 6.64. The van der Waals surface area contributed by atoms with E-state index in [0.717, 1.165) is 11.2 Å². The van der Waals surface area contributed by atoms with Gasteiger partial charge in [0.1, 0.15) is 11.2 Å². The number of furan rings is 1. The summed E-state index contributed by atoms with van der Waals surface area (Å²) in [6.07, 6.45) is 11.7. The van der Waals surface area contributed by atoms with Gasteiger partial charge in [-0.15, -0.1) is 0 Å². The smallest absolute Gasteiger partial charge is 0.140 e. The van der Waals surface area contributed by atoms with Crippen LogP contribution >= 0.6 is 0 Å². The van der Waals surface area contributed by atoms with Gasteiger partial charge in [0.15, 0.2) is 0 Å². The molecule has 0 saturated heterocycles. The van der Waals surface area contributed by atoms with Gasteiger partial charge in [-0.1, -0.05) is 129 Å². The van der Waals surface area contributed by atoms with Crippen LogP contribution in [0.15, 0.2) is 156 Å². The molecule has 6 aromatic carbocycles. The summed E-state index contributed by atoms with van der Waals surface area (Å²) in [5, 5.41) is 4.99. The number of fused-ring (bicyclic) bond motifs is 14. The molecule has 4 aliphatic rings.